The first kappa shape index (κ1) is 22.0. The third-order valence-electron chi connectivity index (χ3n) is 4.68. The topological polar surface area (TPSA) is 64.4 Å². The van der Waals surface area contributed by atoms with Crippen LogP contribution in [0.3, 0.4) is 0 Å². The van der Waals surface area contributed by atoms with Crippen LogP contribution in [0.25, 0.3) is 0 Å². The quantitative estimate of drug-likeness (QED) is 0.642. The van der Waals surface area contributed by atoms with Crippen molar-refractivity contribution < 1.29 is 21.6 Å². The van der Waals surface area contributed by atoms with Gasteiger partial charge in [0.25, 0.3) is 0 Å². The Balaban J connectivity index is 1.73. The minimum atomic E-state index is -4.42. The Morgan fingerprint density at radius 2 is 1.70 bits per heavy atom. The Kier molecular flexibility index (Phi) is 6.29. The first-order chi connectivity index (χ1) is 14.1. The van der Waals surface area contributed by atoms with Crippen molar-refractivity contribution in [3.8, 4) is 6.07 Å². The zero-order valence-corrected chi connectivity index (χ0v) is 17.2. The molecule has 0 unspecified atom stereocenters. The molecular formula is C20H17ClF3N3O2S. The van der Waals surface area contributed by atoms with Crippen LogP contribution in [0, 0.1) is 11.3 Å². The molecule has 1 heterocycles. The predicted molar refractivity (Wildman–Crippen MR) is 108 cm³/mol. The van der Waals surface area contributed by atoms with Gasteiger partial charge in [-0.05, 0) is 42.5 Å². The molecule has 5 nitrogen and oxygen atoms in total. The van der Waals surface area contributed by atoms with E-state index in [2.05, 4.69) is 0 Å². The summed E-state index contributed by atoms with van der Waals surface area (Å²) in [6.07, 6.45) is -3.13. The van der Waals surface area contributed by atoms with E-state index in [9.17, 15) is 26.9 Å². The van der Waals surface area contributed by atoms with Crippen LogP contribution in [0.2, 0.25) is 5.02 Å². The second-order valence-electron chi connectivity index (χ2n) is 6.63. The van der Waals surface area contributed by atoms with E-state index in [0.717, 1.165) is 12.1 Å². The van der Waals surface area contributed by atoms with E-state index >= 15 is 0 Å². The van der Waals surface area contributed by atoms with E-state index in [1.807, 2.05) is 0 Å². The summed E-state index contributed by atoms with van der Waals surface area (Å²) < 4.78 is 64.1. The summed E-state index contributed by atoms with van der Waals surface area (Å²) in [7, 11) is -3.99. The molecule has 1 aliphatic rings. The number of allylic oxidation sites excluding steroid dienone is 1. The molecule has 2 aromatic rings. The molecule has 1 aliphatic heterocycles. The fourth-order valence-corrected chi connectivity index (χ4v) is 4.34. The van der Waals surface area contributed by atoms with Crippen LogP contribution in [-0.4, -0.2) is 39.5 Å². The summed E-state index contributed by atoms with van der Waals surface area (Å²) in [6.45, 7) is 1.49. The van der Waals surface area contributed by atoms with Crippen molar-refractivity contribution in [2.75, 3.05) is 31.1 Å². The fourth-order valence-electron chi connectivity index (χ4n) is 3.05. The van der Waals surface area contributed by atoms with E-state index in [1.165, 1.54) is 36.5 Å². The maximum atomic E-state index is 12.9. The molecule has 158 valence electrons. The molecule has 1 saturated heterocycles. The van der Waals surface area contributed by atoms with Gasteiger partial charge in [-0.25, -0.2) is 8.42 Å². The third-order valence-corrected chi connectivity index (χ3v) is 6.60. The number of nitrogens with zero attached hydrogens (tertiary/aromatic N) is 3. The third kappa shape index (κ3) is 4.89. The molecule has 3 rings (SSSR count). The number of hydrogen-bond donors (Lipinski definition) is 0. The Labute approximate surface area is 177 Å². The largest absolute Gasteiger partial charge is 0.416 e. The molecule has 0 N–H and O–H groups in total. The summed E-state index contributed by atoms with van der Waals surface area (Å²) in [5.41, 5.74) is -0.272. The van der Waals surface area contributed by atoms with Crippen molar-refractivity contribution in [1.82, 2.24) is 4.90 Å². The normalized spacial score (nSPS) is 15.8. The van der Waals surface area contributed by atoms with Gasteiger partial charge < -0.3 is 9.80 Å². The molecule has 0 aliphatic carbocycles. The summed E-state index contributed by atoms with van der Waals surface area (Å²) in [5.74, 6) is 0. The van der Waals surface area contributed by atoms with Crippen LogP contribution >= 0.6 is 11.6 Å². The molecule has 0 radical (unpaired) electrons. The Morgan fingerprint density at radius 1 is 1.07 bits per heavy atom. The van der Waals surface area contributed by atoms with E-state index in [-0.39, 0.29) is 4.90 Å². The molecule has 2 aromatic carbocycles. The molecule has 0 amide bonds. The van der Waals surface area contributed by atoms with Gasteiger partial charge in [0.05, 0.1) is 10.5 Å². The molecule has 30 heavy (non-hydrogen) atoms. The van der Waals surface area contributed by atoms with Crippen molar-refractivity contribution in [2.24, 2.45) is 0 Å². The van der Waals surface area contributed by atoms with Gasteiger partial charge in [-0.15, -0.1) is 0 Å². The monoisotopic (exact) mass is 455 g/mol. The van der Waals surface area contributed by atoms with Gasteiger partial charge in [-0.1, -0.05) is 17.7 Å². The second-order valence-corrected chi connectivity index (χ2v) is 8.99. The molecule has 0 saturated carbocycles. The van der Waals surface area contributed by atoms with E-state index in [0.29, 0.717) is 36.9 Å². The van der Waals surface area contributed by atoms with Crippen LogP contribution in [0.4, 0.5) is 18.9 Å². The molecule has 0 aromatic heterocycles. The van der Waals surface area contributed by atoms with Gasteiger partial charge in [0.15, 0.2) is 4.91 Å². The first-order valence-electron chi connectivity index (χ1n) is 8.90. The van der Waals surface area contributed by atoms with Crippen molar-refractivity contribution >= 4 is 27.1 Å². The molecule has 0 atom stereocenters. The highest BCUT2D eigenvalue weighted by atomic mass is 35.5. The highest BCUT2D eigenvalue weighted by Gasteiger charge is 2.31. The number of anilines is 1. The summed E-state index contributed by atoms with van der Waals surface area (Å²) in [6, 6.07) is 12.3. The zero-order valence-electron chi connectivity index (χ0n) is 15.6. The lowest BCUT2D eigenvalue weighted by atomic mass is 10.1. The summed E-state index contributed by atoms with van der Waals surface area (Å²) in [5, 5.41) is 9.75. The number of nitriles is 1. The number of halogens is 4. The number of rotatable bonds is 4. The maximum absolute atomic E-state index is 12.9. The smallest absolute Gasteiger partial charge is 0.372 e. The lowest BCUT2D eigenvalue weighted by Gasteiger charge is -2.35. The molecule has 1 fully saturated rings. The van der Waals surface area contributed by atoms with Crippen molar-refractivity contribution in [2.45, 2.75) is 11.1 Å². The highest BCUT2D eigenvalue weighted by molar-refractivity contribution is 7.95. The highest BCUT2D eigenvalue weighted by Crippen LogP contribution is 2.32. The number of alkyl halides is 3. The maximum Gasteiger partial charge on any atom is 0.416 e. The van der Waals surface area contributed by atoms with Gasteiger partial charge in [-0.2, -0.15) is 18.4 Å². The van der Waals surface area contributed by atoms with Crippen molar-refractivity contribution in [1.29, 1.82) is 5.26 Å². The number of benzene rings is 2. The molecule has 0 spiro atoms. The predicted octanol–water partition coefficient (Wildman–Crippen LogP) is 4.32. The lowest BCUT2D eigenvalue weighted by molar-refractivity contribution is -0.137. The van der Waals surface area contributed by atoms with Gasteiger partial charge in [0.1, 0.15) is 6.07 Å². The SMILES string of the molecule is N#CC(=CN1CCN(c2cccc(C(F)(F)F)c2)CC1)S(=O)(=O)c1ccc(Cl)cc1. The van der Waals surface area contributed by atoms with Crippen LogP contribution in [-0.2, 0) is 16.0 Å². The minimum Gasteiger partial charge on any atom is -0.372 e. The van der Waals surface area contributed by atoms with E-state index < -0.39 is 26.5 Å². The summed E-state index contributed by atoms with van der Waals surface area (Å²) in [4.78, 5) is 3.02. The van der Waals surface area contributed by atoms with Crippen molar-refractivity contribution in [3.63, 3.8) is 0 Å². The van der Waals surface area contributed by atoms with Gasteiger partial charge >= 0.3 is 6.18 Å². The molecule has 10 heteroatoms. The lowest BCUT2D eigenvalue weighted by Crippen LogP contribution is -2.44. The second kappa shape index (κ2) is 8.58. The minimum absolute atomic E-state index is 0.0395. The van der Waals surface area contributed by atoms with Gasteiger partial charge in [-0.3, -0.25) is 0 Å². The fraction of sp³-hybridized carbons (Fsp3) is 0.250. The Morgan fingerprint density at radius 3 is 2.27 bits per heavy atom. The standard InChI is InChI=1S/C20H17ClF3N3O2S/c21-16-4-6-18(7-5-16)30(28,29)19(13-25)14-26-8-10-27(11-9-26)17-3-1-2-15(12-17)20(22,23)24/h1-7,12,14H,8-11H2. The van der Waals surface area contributed by atoms with Crippen molar-refractivity contribution in [3.05, 3.63) is 70.2 Å². The average molecular weight is 456 g/mol. The number of piperazine rings is 1. The molecule has 0 bridgehead atoms. The van der Waals surface area contributed by atoms with Gasteiger partial charge in [0, 0.05) is 43.1 Å². The van der Waals surface area contributed by atoms with E-state index in [1.54, 1.807) is 21.9 Å². The van der Waals surface area contributed by atoms with Crippen LogP contribution in [0.15, 0.2) is 64.5 Å². The molecular weight excluding hydrogens is 439 g/mol. The number of sulfone groups is 1. The van der Waals surface area contributed by atoms with Crippen LogP contribution in [0.5, 0.6) is 0 Å². The van der Waals surface area contributed by atoms with Crippen LogP contribution in [0.1, 0.15) is 5.56 Å². The first-order valence-corrected chi connectivity index (χ1v) is 10.8. The van der Waals surface area contributed by atoms with E-state index in [4.69, 9.17) is 11.6 Å². The van der Waals surface area contributed by atoms with Crippen LogP contribution < -0.4 is 4.90 Å². The Bertz CT molecular complexity index is 1090. The number of hydrogen-bond acceptors (Lipinski definition) is 5. The Hall–Kier alpha value is -2.70. The average Bonchev–Trinajstić information content (AvgIpc) is 2.72. The summed E-state index contributed by atoms with van der Waals surface area (Å²) >= 11 is 5.78. The zero-order chi connectivity index (χ0) is 21.9. The van der Waals surface area contributed by atoms with Gasteiger partial charge in [0.2, 0.25) is 9.84 Å².